The topological polar surface area (TPSA) is 109 Å². The quantitative estimate of drug-likeness (QED) is 0.740. The maximum atomic E-state index is 12.3. The second kappa shape index (κ2) is 6.95. The van der Waals surface area contributed by atoms with Crippen LogP contribution in [-0.4, -0.2) is 26.0 Å². The summed E-state index contributed by atoms with van der Waals surface area (Å²) in [7, 11) is -3.78. The number of furan rings is 1. The highest BCUT2D eigenvalue weighted by Gasteiger charge is 2.19. The van der Waals surface area contributed by atoms with Gasteiger partial charge in [0, 0.05) is 24.7 Å². The number of aliphatic hydroxyl groups excluding tert-OH is 1. The van der Waals surface area contributed by atoms with E-state index in [1.165, 1.54) is 31.6 Å². The molecule has 1 heterocycles. The van der Waals surface area contributed by atoms with Gasteiger partial charge in [-0.05, 0) is 36.8 Å². The molecule has 0 saturated carbocycles. The lowest BCUT2D eigenvalue weighted by molar-refractivity contribution is -0.114. The first-order chi connectivity index (χ1) is 10.8. The summed E-state index contributed by atoms with van der Waals surface area (Å²) < 4.78 is 31.9. The minimum Gasteiger partial charge on any atom is -0.472 e. The highest BCUT2D eigenvalue weighted by molar-refractivity contribution is 7.89. The van der Waals surface area contributed by atoms with Gasteiger partial charge in [0.2, 0.25) is 15.9 Å². The first-order valence-corrected chi connectivity index (χ1v) is 8.36. The zero-order valence-electron chi connectivity index (χ0n) is 12.7. The van der Waals surface area contributed by atoms with E-state index in [-0.39, 0.29) is 17.3 Å². The van der Waals surface area contributed by atoms with E-state index >= 15 is 0 Å². The summed E-state index contributed by atoms with van der Waals surface area (Å²) in [4.78, 5) is 11.1. The molecule has 0 aliphatic heterocycles. The summed E-state index contributed by atoms with van der Waals surface area (Å²) in [6.07, 6.45) is 1.76. The molecule has 1 aromatic heterocycles. The zero-order valence-corrected chi connectivity index (χ0v) is 13.6. The standard InChI is InChI=1S/C15H18N2O5S/c1-10-7-13(17-11(2)18)3-4-15(10)23(20,21)16-8-14(19)12-5-6-22-9-12/h3-7,9,14,16,19H,8H2,1-2H3,(H,17,18)/t14-/m1/s1. The van der Waals surface area contributed by atoms with E-state index in [0.717, 1.165) is 0 Å². The fraction of sp³-hybridized carbons (Fsp3) is 0.267. The van der Waals surface area contributed by atoms with Crippen LogP contribution in [0.5, 0.6) is 0 Å². The molecule has 0 fully saturated rings. The van der Waals surface area contributed by atoms with Gasteiger partial charge in [-0.25, -0.2) is 13.1 Å². The van der Waals surface area contributed by atoms with Crippen molar-refractivity contribution in [3.8, 4) is 0 Å². The predicted octanol–water partition coefficient (Wildman–Crippen LogP) is 1.56. The molecule has 1 atom stereocenters. The van der Waals surface area contributed by atoms with Crippen LogP contribution in [-0.2, 0) is 14.8 Å². The average molecular weight is 338 g/mol. The minimum absolute atomic E-state index is 0.0889. The number of amides is 1. The monoisotopic (exact) mass is 338 g/mol. The van der Waals surface area contributed by atoms with Crippen molar-refractivity contribution in [2.75, 3.05) is 11.9 Å². The SMILES string of the molecule is CC(=O)Nc1ccc(S(=O)(=O)NC[C@@H](O)c2ccoc2)c(C)c1. The molecule has 2 aromatic rings. The van der Waals surface area contributed by atoms with E-state index in [2.05, 4.69) is 10.0 Å². The molecular formula is C15H18N2O5S. The summed E-state index contributed by atoms with van der Waals surface area (Å²) >= 11 is 0. The molecular weight excluding hydrogens is 320 g/mol. The van der Waals surface area contributed by atoms with E-state index in [1.807, 2.05) is 0 Å². The Labute approximate surface area is 134 Å². The van der Waals surface area contributed by atoms with Gasteiger partial charge in [-0.15, -0.1) is 0 Å². The highest BCUT2D eigenvalue weighted by atomic mass is 32.2. The normalized spacial score (nSPS) is 12.8. The molecule has 23 heavy (non-hydrogen) atoms. The van der Waals surface area contributed by atoms with E-state index < -0.39 is 16.1 Å². The molecule has 0 radical (unpaired) electrons. The predicted molar refractivity (Wildman–Crippen MR) is 84.3 cm³/mol. The number of hydrogen-bond acceptors (Lipinski definition) is 5. The molecule has 0 aliphatic carbocycles. The second-order valence-corrected chi connectivity index (χ2v) is 6.82. The summed E-state index contributed by atoms with van der Waals surface area (Å²) in [5.41, 5.74) is 1.50. The highest BCUT2D eigenvalue weighted by Crippen LogP contribution is 2.20. The van der Waals surface area contributed by atoms with E-state index in [4.69, 9.17) is 4.42 Å². The average Bonchev–Trinajstić information content (AvgIpc) is 2.98. The number of sulfonamides is 1. The third kappa shape index (κ3) is 4.41. The lowest BCUT2D eigenvalue weighted by atomic mass is 10.2. The van der Waals surface area contributed by atoms with Gasteiger partial charge in [-0.3, -0.25) is 4.79 Å². The molecule has 1 aromatic carbocycles. The molecule has 124 valence electrons. The maximum Gasteiger partial charge on any atom is 0.240 e. The van der Waals surface area contributed by atoms with Crippen molar-refractivity contribution in [3.63, 3.8) is 0 Å². The third-order valence-electron chi connectivity index (χ3n) is 3.18. The fourth-order valence-corrected chi connectivity index (χ4v) is 3.34. The first kappa shape index (κ1) is 17.2. The molecule has 2 rings (SSSR count). The number of carbonyl (C=O) groups is 1. The molecule has 1 amide bonds. The molecule has 0 bridgehead atoms. The van der Waals surface area contributed by atoms with Crippen LogP contribution in [0.1, 0.15) is 24.2 Å². The zero-order chi connectivity index (χ0) is 17.0. The van der Waals surface area contributed by atoms with Crippen molar-refractivity contribution in [1.82, 2.24) is 4.72 Å². The maximum absolute atomic E-state index is 12.3. The Hall–Kier alpha value is -2.16. The smallest absolute Gasteiger partial charge is 0.240 e. The second-order valence-electron chi connectivity index (χ2n) is 5.09. The Balaban J connectivity index is 2.11. The van der Waals surface area contributed by atoms with Gasteiger partial charge < -0.3 is 14.8 Å². The Kier molecular flexibility index (Phi) is 5.19. The van der Waals surface area contributed by atoms with Crippen LogP contribution in [0, 0.1) is 6.92 Å². The number of carbonyl (C=O) groups excluding carboxylic acids is 1. The molecule has 0 spiro atoms. The number of rotatable bonds is 6. The molecule has 0 aliphatic rings. The van der Waals surface area contributed by atoms with Crippen LogP contribution < -0.4 is 10.0 Å². The number of hydrogen-bond donors (Lipinski definition) is 3. The van der Waals surface area contributed by atoms with Crippen molar-refractivity contribution in [1.29, 1.82) is 0 Å². The number of nitrogens with one attached hydrogen (secondary N) is 2. The minimum atomic E-state index is -3.78. The van der Waals surface area contributed by atoms with Crippen LogP contribution in [0.2, 0.25) is 0 Å². The lowest BCUT2D eigenvalue weighted by Gasteiger charge is -2.13. The number of anilines is 1. The molecule has 3 N–H and O–H groups in total. The first-order valence-electron chi connectivity index (χ1n) is 6.87. The van der Waals surface area contributed by atoms with Gasteiger partial charge in [-0.1, -0.05) is 0 Å². The number of aliphatic hydroxyl groups is 1. The van der Waals surface area contributed by atoms with Gasteiger partial charge in [0.25, 0.3) is 0 Å². The molecule has 7 nitrogen and oxygen atoms in total. The van der Waals surface area contributed by atoms with E-state index in [1.54, 1.807) is 19.1 Å². The number of benzene rings is 1. The van der Waals surface area contributed by atoms with Crippen LogP contribution in [0.3, 0.4) is 0 Å². The van der Waals surface area contributed by atoms with Crippen molar-refractivity contribution in [2.45, 2.75) is 24.8 Å². The van der Waals surface area contributed by atoms with Gasteiger partial charge in [0.1, 0.15) is 0 Å². The summed E-state index contributed by atoms with van der Waals surface area (Å²) in [5.74, 6) is -0.235. The Morgan fingerprint density at radius 3 is 2.65 bits per heavy atom. The summed E-state index contributed by atoms with van der Waals surface area (Å²) in [6.45, 7) is 2.83. The van der Waals surface area contributed by atoms with E-state index in [9.17, 15) is 18.3 Å². The van der Waals surface area contributed by atoms with Gasteiger partial charge in [0.15, 0.2) is 0 Å². The van der Waals surface area contributed by atoms with E-state index in [0.29, 0.717) is 16.8 Å². The Bertz CT molecular complexity index is 784. The van der Waals surface area contributed by atoms with Gasteiger partial charge in [-0.2, -0.15) is 0 Å². The lowest BCUT2D eigenvalue weighted by Crippen LogP contribution is -2.29. The largest absolute Gasteiger partial charge is 0.472 e. The molecule has 0 saturated heterocycles. The van der Waals surface area contributed by atoms with Crippen molar-refractivity contribution < 1.29 is 22.7 Å². The number of aryl methyl sites for hydroxylation is 1. The molecule has 8 heteroatoms. The van der Waals surface area contributed by atoms with Gasteiger partial charge in [0.05, 0.1) is 23.5 Å². The van der Waals surface area contributed by atoms with Crippen molar-refractivity contribution >= 4 is 21.6 Å². The van der Waals surface area contributed by atoms with Crippen molar-refractivity contribution in [2.24, 2.45) is 0 Å². The van der Waals surface area contributed by atoms with Crippen LogP contribution in [0.4, 0.5) is 5.69 Å². The van der Waals surface area contributed by atoms with Crippen LogP contribution >= 0.6 is 0 Å². The fourth-order valence-electron chi connectivity index (χ4n) is 2.08. The molecule has 0 unspecified atom stereocenters. The van der Waals surface area contributed by atoms with Crippen LogP contribution in [0.25, 0.3) is 0 Å². The Morgan fingerprint density at radius 2 is 2.09 bits per heavy atom. The van der Waals surface area contributed by atoms with Gasteiger partial charge >= 0.3 is 0 Å². The Morgan fingerprint density at radius 1 is 1.35 bits per heavy atom. The van der Waals surface area contributed by atoms with Crippen LogP contribution in [0.15, 0.2) is 46.1 Å². The third-order valence-corrected chi connectivity index (χ3v) is 4.76. The summed E-state index contributed by atoms with van der Waals surface area (Å²) in [6, 6.07) is 6.05. The van der Waals surface area contributed by atoms with Crippen molar-refractivity contribution in [3.05, 3.63) is 47.9 Å². The summed E-state index contributed by atoms with van der Waals surface area (Å²) in [5, 5.41) is 12.5.